The van der Waals surface area contributed by atoms with Crippen molar-refractivity contribution in [3.05, 3.63) is 51.4 Å². The molecule has 0 unspecified atom stereocenters. The van der Waals surface area contributed by atoms with Gasteiger partial charge in [0, 0.05) is 23.0 Å². The molecular formula is C20H22ClNO4S. The highest BCUT2D eigenvalue weighted by Gasteiger charge is 2.33. The van der Waals surface area contributed by atoms with Crippen molar-refractivity contribution in [2.24, 2.45) is 5.92 Å². The van der Waals surface area contributed by atoms with E-state index in [-0.39, 0.29) is 11.9 Å². The molecule has 2 heterocycles. The van der Waals surface area contributed by atoms with Crippen LogP contribution in [0.15, 0.2) is 30.3 Å². The number of esters is 2. The fraction of sp³-hybridized carbons (Fsp3) is 0.400. The number of ether oxygens (including phenoxy) is 2. The maximum Gasteiger partial charge on any atom is 0.327 e. The lowest BCUT2D eigenvalue weighted by molar-refractivity contribution is -0.147. The lowest BCUT2D eigenvalue weighted by Crippen LogP contribution is -2.38. The first-order valence-electron chi connectivity index (χ1n) is 10.1. The van der Waals surface area contributed by atoms with E-state index in [0.717, 1.165) is 10.4 Å². The average molecular weight is 411 g/mol. The molecule has 0 radical (unpaired) electrons. The van der Waals surface area contributed by atoms with Crippen molar-refractivity contribution in [3.63, 3.8) is 0 Å². The minimum atomic E-state index is -2.85. The van der Waals surface area contributed by atoms with Crippen LogP contribution in [0, 0.1) is 5.92 Å². The smallest absolute Gasteiger partial charge is 0.327 e. The Morgan fingerprint density at radius 2 is 2.07 bits per heavy atom. The van der Waals surface area contributed by atoms with Crippen LogP contribution in [0.3, 0.4) is 0 Å². The van der Waals surface area contributed by atoms with E-state index in [2.05, 4.69) is 0 Å². The third-order valence-electron chi connectivity index (χ3n) is 4.43. The quantitative estimate of drug-likeness (QED) is 0.690. The van der Waals surface area contributed by atoms with Gasteiger partial charge in [-0.1, -0.05) is 43.6 Å². The van der Waals surface area contributed by atoms with Gasteiger partial charge in [0.25, 0.3) is 0 Å². The van der Waals surface area contributed by atoms with Crippen LogP contribution < -0.4 is 4.74 Å². The van der Waals surface area contributed by atoms with Crippen LogP contribution in [0.4, 0.5) is 0 Å². The SMILES string of the molecule is [2H]C([2H])([2H])OC(=O)[C@H](c1ccccc1Cl)N1CCc2sc(OC(=O)C(C)C)cc2C1. The molecule has 0 N–H and O–H groups in total. The van der Waals surface area contributed by atoms with Crippen LogP contribution in [0.5, 0.6) is 5.06 Å². The number of carbonyl (C=O) groups is 2. The van der Waals surface area contributed by atoms with Gasteiger partial charge in [0.2, 0.25) is 0 Å². The Morgan fingerprint density at radius 3 is 2.78 bits per heavy atom. The first-order valence-corrected chi connectivity index (χ1v) is 9.79. The lowest BCUT2D eigenvalue weighted by atomic mass is 10.0. The Bertz CT molecular complexity index is 944. The van der Waals surface area contributed by atoms with Crippen LogP contribution in [0.25, 0.3) is 0 Å². The summed E-state index contributed by atoms with van der Waals surface area (Å²) in [5.74, 6) is -1.42. The Kier molecular flexibility index (Phi) is 5.02. The molecule has 3 rings (SSSR count). The minimum absolute atomic E-state index is 0.236. The number of fused-ring (bicyclic) bond motifs is 1. The zero-order chi connectivity index (χ0) is 22.1. The third-order valence-corrected chi connectivity index (χ3v) is 5.89. The van der Waals surface area contributed by atoms with Gasteiger partial charge in [0.05, 0.1) is 17.1 Å². The van der Waals surface area contributed by atoms with Crippen LogP contribution in [-0.4, -0.2) is 30.4 Å². The van der Waals surface area contributed by atoms with E-state index < -0.39 is 19.0 Å². The van der Waals surface area contributed by atoms with Crippen molar-refractivity contribution in [1.29, 1.82) is 0 Å². The Hall–Kier alpha value is -1.89. The van der Waals surface area contributed by atoms with Gasteiger partial charge in [-0.2, -0.15) is 0 Å². The molecule has 0 fully saturated rings. The first-order chi connectivity index (χ1) is 14.0. The number of hydrogen-bond donors (Lipinski definition) is 0. The van der Waals surface area contributed by atoms with E-state index in [1.807, 2.05) is 4.90 Å². The van der Waals surface area contributed by atoms with Gasteiger partial charge >= 0.3 is 11.9 Å². The normalized spacial score (nSPS) is 17.4. The van der Waals surface area contributed by atoms with Gasteiger partial charge in [-0.15, -0.1) is 11.3 Å². The third kappa shape index (κ3) is 4.34. The summed E-state index contributed by atoms with van der Waals surface area (Å²) >= 11 is 7.72. The van der Waals surface area contributed by atoms with E-state index in [4.69, 9.17) is 25.2 Å². The number of thiophene rings is 1. The predicted octanol–water partition coefficient (Wildman–Crippen LogP) is 4.24. The molecule has 0 aliphatic carbocycles. The standard InChI is InChI=1S/C20H22ClNO4S/c1-12(2)19(23)26-17-10-13-11-22(9-8-16(13)27-17)18(20(24)25-3)14-6-4-5-7-15(14)21/h4-7,10,12,18H,8-9,11H2,1-3H3/t18-/m0/s1/i3D3. The topological polar surface area (TPSA) is 55.8 Å². The van der Waals surface area contributed by atoms with E-state index in [0.29, 0.717) is 35.2 Å². The fourth-order valence-electron chi connectivity index (χ4n) is 3.04. The molecule has 1 aliphatic heterocycles. The zero-order valence-corrected chi connectivity index (χ0v) is 16.6. The molecule has 1 aromatic carbocycles. The predicted molar refractivity (Wildman–Crippen MR) is 105 cm³/mol. The highest BCUT2D eigenvalue weighted by molar-refractivity contribution is 7.14. The van der Waals surface area contributed by atoms with Crippen molar-refractivity contribution in [1.82, 2.24) is 4.90 Å². The molecule has 1 aliphatic rings. The van der Waals surface area contributed by atoms with E-state index in [1.54, 1.807) is 44.2 Å². The largest absolute Gasteiger partial charge is 0.468 e. The lowest BCUT2D eigenvalue weighted by Gasteiger charge is -2.33. The highest BCUT2D eigenvalue weighted by Crippen LogP contribution is 2.37. The average Bonchev–Trinajstić information content (AvgIpc) is 3.03. The summed E-state index contributed by atoms with van der Waals surface area (Å²) in [6, 6.07) is 7.64. The molecular weight excluding hydrogens is 386 g/mol. The summed E-state index contributed by atoms with van der Waals surface area (Å²) in [7, 11) is -2.85. The highest BCUT2D eigenvalue weighted by atomic mass is 35.5. The molecule has 0 saturated heterocycles. The maximum atomic E-state index is 12.8. The van der Waals surface area contributed by atoms with Crippen LogP contribution >= 0.6 is 22.9 Å². The Morgan fingerprint density at radius 1 is 1.30 bits per heavy atom. The second-order valence-electron chi connectivity index (χ2n) is 6.66. The second-order valence-corrected chi connectivity index (χ2v) is 8.16. The van der Waals surface area contributed by atoms with Crippen LogP contribution in [0.2, 0.25) is 5.02 Å². The zero-order valence-electron chi connectivity index (χ0n) is 18.0. The molecule has 1 aromatic heterocycles. The van der Waals surface area contributed by atoms with Gasteiger partial charge in [-0.25, -0.2) is 4.79 Å². The monoisotopic (exact) mass is 410 g/mol. The fourth-order valence-corrected chi connectivity index (χ4v) is 4.30. The number of nitrogens with zero attached hydrogens (tertiary/aromatic N) is 1. The molecule has 0 amide bonds. The van der Waals surface area contributed by atoms with Crippen molar-refractivity contribution >= 4 is 34.9 Å². The summed E-state index contributed by atoms with van der Waals surface area (Å²) < 4.78 is 32.0. The molecule has 5 nitrogen and oxygen atoms in total. The molecule has 2 aromatic rings. The summed E-state index contributed by atoms with van der Waals surface area (Å²) in [6.07, 6.45) is 0.626. The van der Waals surface area contributed by atoms with Gasteiger partial charge < -0.3 is 9.47 Å². The van der Waals surface area contributed by atoms with Crippen molar-refractivity contribution < 1.29 is 23.2 Å². The van der Waals surface area contributed by atoms with E-state index >= 15 is 0 Å². The summed E-state index contributed by atoms with van der Waals surface area (Å²) in [6.45, 7) is 4.40. The van der Waals surface area contributed by atoms with E-state index in [1.165, 1.54) is 11.3 Å². The minimum Gasteiger partial charge on any atom is -0.468 e. The van der Waals surface area contributed by atoms with Crippen LogP contribution in [-0.2, 0) is 27.3 Å². The van der Waals surface area contributed by atoms with Crippen LogP contribution in [0.1, 0.15) is 40.0 Å². The molecule has 1 atom stereocenters. The molecule has 0 spiro atoms. The van der Waals surface area contributed by atoms with Crippen molar-refractivity contribution in [2.75, 3.05) is 13.6 Å². The Labute approximate surface area is 172 Å². The van der Waals surface area contributed by atoms with Crippen molar-refractivity contribution in [2.45, 2.75) is 32.9 Å². The van der Waals surface area contributed by atoms with Gasteiger partial charge in [-0.3, -0.25) is 9.69 Å². The number of rotatable bonds is 5. The maximum absolute atomic E-state index is 12.8. The Balaban J connectivity index is 1.87. The summed E-state index contributed by atoms with van der Waals surface area (Å²) in [5, 5.41) is 0.868. The molecule has 0 bridgehead atoms. The molecule has 7 heteroatoms. The number of methoxy groups -OCH3 is 1. The number of benzene rings is 1. The molecule has 0 saturated carbocycles. The number of carbonyl (C=O) groups excluding carboxylic acids is 2. The van der Waals surface area contributed by atoms with Gasteiger partial charge in [0.1, 0.15) is 6.04 Å². The van der Waals surface area contributed by atoms with Gasteiger partial charge in [0.15, 0.2) is 5.06 Å². The number of hydrogen-bond acceptors (Lipinski definition) is 6. The molecule has 27 heavy (non-hydrogen) atoms. The first kappa shape index (κ1) is 16.1. The van der Waals surface area contributed by atoms with Gasteiger partial charge in [-0.05, 0) is 29.7 Å². The van der Waals surface area contributed by atoms with E-state index in [9.17, 15) is 9.59 Å². The summed E-state index contributed by atoms with van der Waals surface area (Å²) in [5.41, 5.74) is 1.41. The second kappa shape index (κ2) is 8.42. The number of halogens is 1. The van der Waals surface area contributed by atoms with Crippen molar-refractivity contribution in [3.8, 4) is 5.06 Å². The molecule has 144 valence electrons. The summed E-state index contributed by atoms with van der Waals surface area (Å²) in [4.78, 5) is 27.6.